The zero-order chi connectivity index (χ0) is 20.3. The highest BCUT2D eigenvalue weighted by Crippen LogP contribution is 2.52. The molecule has 2 amide bonds. The van der Waals surface area contributed by atoms with E-state index in [1.807, 2.05) is 0 Å². The van der Waals surface area contributed by atoms with Crippen molar-refractivity contribution in [3.63, 3.8) is 0 Å². The molecule has 7 nitrogen and oxygen atoms in total. The first-order chi connectivity index (χ1) is 13.5. The monoisotopic (exact) mass is 389 g/mol. The number of guanidine groups is 1. The van der Waals surface area contributed by atoms with Gasteiger partial charge < -0.3 is 10.6 Å². The SMILES string of the molecule is CCN(CCNC(=NC)NCCCN1C(=O)C2C3C=CC(C3)C2C1=O)C(C)C. The van der Waals surface area contributed by atoms with E-state index in [1.165, 1.54) is 4.90 Å². The number of amides is 2. The van der Waals surface area contributed by atoms with E-state index in [9.17, 15) is 9.59 Å². The molecule has 0 spiro atoms. The van der Waals surface area contributed by atoms with Crippen LogP contribution >= 0.6 is 0 Å². The molecule has 28 heavy (non-hydrogen) atoms. The Labute approximate surface area is 168 Å². The molecule has 4 unspecified atom stereocenters. The van der Waals surface area contributed by atoms with E-state index in [-0.39, 0.29) is 35.5 Å². The fourth-order valence-electron chi connectivity index (χ4n) is 4.95. The van der Waals surface area contributed by atoms with Crippen molar-refractivity contribution in [3.05, 3.63) is 12.2 Å². The number of rotatable bonds is 9. The van der Waals surface area contributed by atoms with Gasteiger partial charge in [-0.15, -0.1) is 0 Å². The summed E-state index contributed by atoms with van der Waals surface area (Å²) in [6.07, 6.45) is 5.98. The van der Waals surface area contributed by atoms with Crippen LogP contribution in [0.25, 0.3) is 0 Å². The maximum Gasteiger partial charge on any atom is 0.233 e. The normalized spacial score (nSPS) is 28.8. The Morgan fingerprint density at radius 3 is 2.32 bits per heavy atom. The van der Waals surface area contributed by atoms with E-state index in [0.717, 1.165) is 38.4 Å². The Hall–Kier alpha value is -1.89. The van der Waals surface area contributed by atoms with Gasteiger partial charge in [-0.1, -0.05) is 19.1 Å². The second kappa shape index (κ2) is 9.07. The van der Waals surface area contributed by atoms with E-state index < -0.39 is 0 Å². The molecule has 1 aliphatic heterocycles. The van der Waals surface area contributed by atoms with Gasteiger partial charge in [0.25, 0.3) is 0 Å². The van der Waals surface area contributed by atoms with Crippen LogP contribution in [-0.2, 0) is 9.59 Å². The van der Waals surface area contributed by atoms with E-state index in [4.69, 9.17) is 0 Å². The maximum atomic E-state index is 12.7. The molecule has 156 valence electrons. The lowest BCUT2D eigenvalue weighted by Gasteiger charge is -2.25. The number of hydrogen-bond donors (Lipinski definition) is 2. The number of likely N-dealkylation sites (N-methyl/N-ethyl adjacent to an activating group) is 1. The van der Waals surface area contributed by atoms with Crippen molar-refractivity contribution in [1.82, 2.24) is 20.4 Å². The molecule has 7 heteroatoms. The highest BCUT2D eigenvalue weighted by Gasteiger charge is 2.58. The zero-order valence-corrected chi connectivity index (χ0v) is 17.6. The average Bonchev–Trinajstić information content (AvgIpc) is 3.35. The second-order valence-electron chi connectivity index (χ2n) is 8.33. The van der Waals surface area contributed by atoms with Crippen molar-refractivity contribution in [3.8, 4) is 0 Å². The van der Waals surface area contributed by atoms with Crippen LogP contribution in [0.15, 0.2) is 17.1 Å². The number of nitrogens with one attached hydrogen (secondary N) is 2. The van der Waals surface area contributed by atoms with Gasteiger partial charge in [0.2, 0.25) is 11.8 Å². The van der Waals surface area contributed by atoms with Gasteiger partial charge in [0.05, 0.1) is 11.8 Å². The molecule has 2 N–H and O–H groups in total. The van der Waals surface area contributed by atoms with Crippen LogP contribution in [0.1, 0.15) is 33.6 Å². The number of carbonyl (C=O) groups is 2. The number of carbonyl (C=O) groups excluding carboxylic acids is 2. The number of nitrogens with zero attached hydrogens (tertiary/aromatic N) is 3. The van der Waals surface area contributed by atoms with Crippen molar-refractivity contribution in [1.29, 1.82) is 0 Å². The predicted octanol–water partition coefficient (Wildman–Crippen LogP) is 1.08. The van der Waals surface area contributed by atoms with Crippen LogP contribution in [0.3, 0.4) is 0 Å². The molecule has 1 heterocycles. The van der Waals surface area contributed by atoms with Crippen molar-refractivity contribution < 1.29 is 9.59 Å². The van der Waals surface area contributed by atoms with Gasteiger partial charge in [-0.05, 0) is 45.1 Å². The maximum absolute atomic E-state index is 12.7. The van der Waals surface area contributed by atoms with E-state index in [2.05, 4.69) is 53.4 Å². The topological polar surface area (TPSA) is 77.0 Å². The van der Waals surface area contributed by atoms with E-state index >= 15 is 0 Å². The minimum Gasteiger partial charge on any atom is -0.356 e. The highest BCUT2D eigenvalue weighted by atomic mass is 16.2. The molecule has 3 rings (SSSR count). The van der Waals surface area contributed by atoms with Crippen molar-refractivity contribution >= 4 is 17.8 Å². The lowest BCUT2D eigenvalue weighted by atomic mass is 9.85. The van der Waals surface area contributed by atoms with Crippen molar-refractivity contribution in [2.24, 2.45) is 28.7 Å². The fraction of sp³-hybridized carbons (Fsp3) is 0.762. The lowest BCUT2D eigenvalue weighted by molar-refractivity contribution is -0.140. The third kappa shape index (κ3) is 4.09. The molecule has 2 aliphatic carbocycles. The molecule has 3 aliphatic rings. The van der Waals surface area contributed by atoms with Crippen molar-refractivity contribution in [2.75, 3.05) is 39.8 Å². The summed E-state index contributed by atoms with van der Waals surface area (Å²) in [6.45, 7) is 10.6. The summed E-state index contributed by atoms with van der Waals surface area (Å²) in [5.41, 5.74) is 0. The summed E-state index contributed by atoms with van der Waals surface area (Å²) < 4.78 is 0. The van der Waals surface area contributed by atoms with Crippen LogP contribution in [-0.4, -0.2) is 73.4 Å². The summed E-state index contributed by atoms with van der Waals surface area (Å²) in [4.78, 5) is 33.5. The molecule has 2 fully saturated rings. The summed E-state index contributed by atoms with van der Waals surface area (Å²) in [5, 5.41) is 6.61. The molecule has 1 saturated carbocycles. The zero-order valence-electron chi connectivity index (χ0n) is 17.6. The average molecular weight is 390 g/mol. The first kappa shape index (κ1) is 20.8. The number of likely N-dealkylation sites (tertiary alicyclic amines) is 1. The molecule has 0 radical (unpaired) electrons. The summed E-state index contributed by atoms with van der Waals surface area (Å²) in [5.74, 6) is 1.24. The number of imide groups is 1. The first-order valence-corrected chi connectivity index (χ1v) is 10.7. The molecule has 0 aromatic carbocycles. The summed E-state index contributed by atoms with van der Waals surface area (Å²) >= 11 is 0. The number of fused-ring (bicyclic) bond motifs is 5. The van der Waals surface area contributed by atoms with Gasteiger partial charge >= 0.3 is 0 Å². The van der Waals surface area contributed by atoms with E-state index in [0.29, 0.717) is 19.1 Å². The Morgan fingerprint density at radius 1 is 1.18 bits per heavy atom. The van der Waals surface area contributed by atoms with Crippen LogP contribution in [0.5, 0.6) is 0 Å². The summed E-state index contributed by atoms with van der Waals surface area (Å²) in [7, 11) is 1.76. The van der Waals surface area contributed by atoms with Crippen LogP contribution < -0.4 is 10.6 Å². The largest absolute Gasteiger partial charge is 0.356 e. The molecule has 0 aromatic heterocycles. The van der Waals surface area contributed by atoms with Gasteiger partial charge in [0.15, 0.2) is 5.96 Å². The fourth-order valence-corrected chi connectivity index (χ4v) is 4.95. The Morgan fingerprint density at radius 2 is 1.79 bits per heavy atom. The molecule has 1 saturated heterocycles. The third-order valence-corrected chi connectivity index (χ3v) is 6.46. The standard InChI is InChI=1S/C21H35N5O2/c1-5-25(14(2)3)12-10-24-21(22-4)23-9-6-11-26-19(27)17-15-7-8-16(13-15)18(17)20(26)28/h7-8,14-18H,5-6,9-13H2,1-4H3,(H2,22,23,24). The highest BCUT2D eigenvalue weighted by molar-refractivity contribution is 6.06. The Balaban J connectivity index is 1.37. The quantitative estimate of drug-likeness (QED) is 0.203. The third-order valence-electron chi connectivity index (χ3n) is 6.46. The Kier molecular flexibility index (Phi) is 6.75. The predicted molar refractivity (Wildman–Crippen MR) is 111 cm³/mol. The molecule has 4 atom stereocenters. The molecular weight excluding hydrogens is 354 g/mol. The van der Waals surface area contributed by atoms with Gasteiger partial charge in [-0.2, -0.15) is 0 Å². The van der Waals surface area contributed by atoms with Gasteiger partial charge in [-0.25, -0.2) is 0 Å². The lowest BCUT2D eigenvalue weighted by Crippen LogP contribution is -2.44. The molecule has 2 bridgehead atoms. The molecular formula is C21H35N5O2. The van der Waals surface area contributed by atoms with Crippen LogP contribution in [0.2, 0.25) is 0 Å². The van der Waals surface area contributed by atoms with Gasteiger partial charge in [0, 0.05) is 39.3 Å². The van der Waals surface area contributed by atoms with Gasteiger partial charge in [-0.3, -0.25) is 24.4 Å². The van der Waals surface area contributed by atoms with E-state index in [1.54, 1.807) is 7.05 Å². The summed E-state index contributed by atoms with van der Waals surface area (Å²) in [6, 6.07) is 0.530. The minimum absolute atomic E-state index is 0.0442. The Bertz CT molecular complexity index is 615. The van der Waals surface area contributed by atoms with Gasteiger partial charge in [0.1, 0.15) is 0 Å². The van der Waals surface area contributed by atoms with Crippen LogP contribution in [0, 0.1) is 23.7 Å². The number of aliphatic imine (C=N–C) groups is 1. The molecule has 0 aromatic rings. The number of hydrogen-bond acceptors (Lipinski definition) is 4. The smallest absolute Gasteiger partial charge is 0.233 e. The number of allylic oxidation sites excluding steroid dienone is 2. The second-order valence-corrected chi connectivity index (χ2v) is 8.33. The minimum atomic E-state index is -0.0904. The van der Waals surface area contributed by atoms with Crippen molar-refractivity contribution in [2.45, 2.75) is 39.7 Å². The first-order valence-electron chi connectivity index (χ1n) is 10.7. The van der Waals surface area contributed by atoms with Crippen LogP contribution in [0.4, 0.5) is 0 Å².